The number of benzene rings is 2. The van der Waals surface area contributed by atoms with Crippen LogP contribution in [0.5, 0.6) is 0 Å². The third-order valence-corrected chi connectivity index (χ3v) is 4.58. The third-order valence-electron chi connectivity index (χ3n) is 4.34. The first-order chi connectivity index (χ1) is 13.3. The Kier molecular flexibility index (Phi) is 7.76. The minimum atomic E-state index is -0.579. The van der Waals surface area contributed by atoms with Crippen molar-refractivity contribution in [2.24, 2.45) is 0 Å². The van der Waals surface area contributed by atoms with Gasteiger partial charge in [0, 0.05) is 17.0 Å². The summed E-state index contributed by atoms with van der Waals surface area (Å²) in [4.78, 5) is 36.1. The molecule has 2 aromatic carbocycles. The summed E-state index contributed by atoms with van der Waals surface area (Å²) in [5.41, 5.74) is 3.33. The van der Waals surface area contributed by atoms with Crippen molar-refractivity contribution in [3.05, 3.63) is 69.7 Å². The van der Waals surface area contributed by atoms with Crippen molar-refractivity contribution < 1.29 is 19.1 Å². The van der Waals surface area contributed by atoms with Crippen LogP contribution in [-0.2, 0) is 14.3 Å². The molecule has 0 saturated carbocycles. The Morgan fingerprint density at radius 3 is 2.54 bits per heavy atom. The number of ether oxygens (including phenoxy) is 1. The van der Waals surface area contributed by atoms with E-state index in [1.54, 1.807) is 18.2 Å². The van der Waals surface area contributed by atoms with Gasteiger partial charge in [-0.2, -0.15) is 0 Å². The monoisotopic (exact) mass is 401 g/mol. The van der Waals surface area contributed by atoms with Crippen molar-refractivity contribution in [3.8, 4) is 0 Å². The van der Waals surface area contributed by atoms with E-state index in [1.807, 2.05) is 45.0 Å². The Labute approximate surface area is 170 Å². The predicted molar refractivity (Wildman–Crippen MR) is 108 cm³/mol. The number of aryl methyl sites for hydroxylation is 2. The van der Waals surface area contributed by atoms with Gasteiger partial charge in [0.2, 0.25) is 0 Å². The van der Waals surface area contributed by atoms with Crippen LogP contribution in [0.1, 0.15) is 52.9 Å². The first kappa shape index (κ1) is 21.6. The minimum Gasteiger partial charge on any atom is -0.456 e. The standard InChI is InChI=1S/C22H24ClNO4/c1-14-7-8-15(2)19(11-14)20(25)9-10-22(27)28-13-21(26)24-16(3)17-5-4-6-18(23)12-17/h4-8,11-12,16H,9-10,13H2,1-3H3,(H,24,26)/t16-/m1/s1. The molecule has 2 rings (SSSR count). The van der Waals surface area contributed by atoms with E-state index in [4.69, 9.17) is 16.3 Å². The van der Waals surface area contributed by atoms with Gasteiger partial charge in [-0.15, -0.1) is 0 Å². The number of Topliss-reactive ketones (excluding diaryl/α,β-unsaturated/α-hetero) is 1. The SMILES string of the molecule is Cc1ccc(C)c(C(=O)CCC(=O)OCC(=O)N[C@H](C)c2cccc(Cl)c2)c1. The zero-order chi connectivity index (χ0) is 20.7. The van der Waals surface area contributed by atoms with Crippen molar-refractivity contribution in [1.82, 2.24) is 5.32 Å². The van der Waals surface area contributed by atoms with Crippen LogP contribution < -0.4 is 5.32 Å². The smallest absolute Gasteiger partial charge is 0.306 e. The van der Waals surface area contributed by atoms with Gasteiger partial charge in [-0.25, -0.2) is 0 Å². The van der Waals surface area contributed by atoms with Crippen LogP contribution in [0, 0.1) is 13.8 Å². The molecule has 148 valence electrons. The summed E-state index contributed by atoms with van der Waals surface area (Å²) in [7, 11) is 0. The van der Waals surface area contributed by atoms with E-state index >= 15 is 0 Å². The molecule has 0 aliphatic rings. The van der Waals surface area contributed by atoms with E-state index in [1.165, 1.54) is 0 Å². The zero-order valence-corrected chi connectivity index (χ0v) is 17.0. The molecule has 28 heavy (non-hydrogen) atoms. The molecule has 0 aromatic heterocycles. The molecule has 0 unspecified atom stereocenters. The molecule has 0 aliphatic heterocycles. The topological polar surface area (TPSA) is 72.5 Å². The van der Waals surface area contributed by atoms with Crippen LogP contribution in [0.3, 0.4) is 0 Å². The second kappa shape index (κ2) is 10.0. The van der Waals surface area contributed by atoms with Gasteiger partial charge in [-0.3, -0.25) is 14.4 Å². The summed E-state index contributed by atoms with van der Waals surface area (Å²) in [6.45, 7) is 5.19. The van der Waals surface area contributed by atoms with Crippen LogP contribution in [0.4, 0.5) is 0 Å². The average molecular weight is 402 g/mol. The molecular formula is C22H24ClNO4. The highest BCUT2D eigenvalue weighted by Crippen LogP contribution is 2.17. The summed E-state index contributed by atoms with van der Waals surface area (Å²) >= 11 is 5.94. The normalized spacial score (nSPS) is 11.6. The summed E-state index contributed by atoms with van der Waals surface area (Å²) in [5.74, 6) is -1.11. The number of esters is 1. The molecule has 0 aliphatic carbocycles. The summed E-state index contributed by atoms with van der Waals surface area (Å²) in [6.07, 6.45) is -0.0208. The van der Waals surface area contributed by atoms with Crippen LogP contribution in [0.15, 0.2) is 42.5 Å². The molecule has 0 radical (unpaired) electrons. The summed E-state index contributed by atoms with van der Waals surface area (Å²) in [5, 5.41) is 3.32. The first-order valence-corrected chi connectivity index (χ1v) is 9.45. The Bertz CT molecular complexity index is 879. The maximum atomic E-state index is 12.3. The second-order valence-corrected chi connectivity index (χ2v) is 7.18. The molecule has 1 amide bonds. The lowest BCUT2D eigenvalue weighted by molar-refractivity contribution is -0.148. The Morgan fingerprint density at radius 1 is 1.07 bits per heavy atom. The molecule has 1 N–H and O–H groups in total. The molecular weight excluding hydrogens is 378 g/mol. The molecule has 5 nitrogen and oxygen atoms in total. The number of halogens is 1. The van der Waals surface area contributed by atoms with Crippen molar-refractivity contribution in [2.45, 2.75) is 39.7 Å². The van der Waals surface area contributed by atoms with Crippen LogP contribution in [0.25, 0.3) is 0 Å². The number of hydrogen-bond acceptors (Lipinski definition) is 4. The van der Waals surface area contributed by atoms with Crippen molar-refractivity contribution in [2.75, 3.05) is 6.61 Å². The number of hydrogen-bond donors (Lipinski definition) is 1. The van der Waals surface area contributed by atoms with Gasteiger partial charge >= 0.3 is 5.97 Å². The molecule has 2 aromatic rings. The average Bonchev–Trinajstić information content (AvgIpc) is 2.66. The number of amides is 1. The molecule has 1 atom stereocenters. The van der Waals surface area contributed by atoms with E-state index in [2.05, 4.69) is 5.32 Å². The highest BCUT2D eigenvalue weighted by molar-refractivity contribution is 6.30. The number of carbonyl (C=O) groups excluding carboxylic acids is 3. The van der Waals surface area contributed by atoms with Crippen molar-refractivity contribution in [1.29, 1.82) is 0 Å². The van der Waals surface area contributed by atoms with Gasteiger partial charge in [0.05, 0.1) is 12.5 Å². The molecule has 0 heterocycles. The Balaban J connectivity index is 1.76. The van der Waals surface area contributed by atoms with E-state index < -0.39 is 11.9 Å². The van der Waals surface area contributed by atoms with Gasteiger partial charge in [-0.1, -0.05) is 41.4 Å². The number of ketones is 1. The van der Waals surface area contributed by atoms with Gasteiger partial charge in [0.15, 0.2) is 12.4 Å². The molecule has 0 saturated heterocycles. The van der Waals surface area contributed by atoms with E-state index in [0.29, 0.717) is 10.6 Å². The fourth-order valence-corrected chi connectivity index (χ4v) is 2.95. The molecule has 0 fully saturated rings. The lowest BCUT2D eigenvalue weighted by atomic mass is 9.99. The maximum Gasteiger partial charge on any atom is 0.306 e. The first-order valence-electron chi connectivity index (χ1n) is 9.07. The summed E-state index contributed by atoms with van der Waals surface area (Å²) < 4.78 is 4.98. The maximum absolute atomic E-state index is 12.3. The number of rotatable bonds is 8. The van der Waals surface area contributed by atoms with Crippen LogP contribution >= 0.6 is 11.6 Å². The quantitative estimate of drug-likeness (QED) is 0.527. The van der Waals surface area contributed by atoms with Crippen LogP contribution in [-0.4, -0.2) is 24.3 Å². The van der Waals surface area contributed by atoms with Gasteiger partial charge in [-0.05, 0) is 50.1 Å². The van der Waals surface area contributed by atoms with Crippen LogP contribution in [0.2, 0.25) is 5.02 Å². The second-order valence-electron chi connectivity index (χ2n) is 6.75. The Morgan fingerprint density at radius 2 is 1.82 bits per heavy atom. The zero-order valence-electron chi connectivity index (χ0n) is 16.3. The highest BCUT2D eigenvalue weighted by atomic mass is 35.5. The minimum absolute atomic E-state index is 0.0453. The third kappa shape index (κ3) is 6.50. The predicted octanol–water partition coefficient (Wildman–Crippen LogP) is 4.34. The molecule has 6 heteroatoms. The van der Waals surface area contributed by atoms with Gasteiger partial charge < -0.3 is 10.1 Å². The van der Waals surface area contributed by atoms with Gasteiger partial charge in [0.1, 0.15) is 0 Å². The Hall–Kier alpha value is -2.66. The molecule has 0 bridgehead atoms. The van der Waals surface area contributed by atoms with Crippen molar-refractivity contribution >= 4 is 29.3 Å². The number of carbonyl (C=O) groups is 3. The fourth-order valence-electron chi connectivity index (χ4n) is 2.75. The van der Waals surface area contributed by atoms with E-state index in [0.717, 1.165) is 16.7 Å². The van der Waals surface area contributed by atoms with Gasteiger partial charge in [0.25, 0.3) is 5.91 Å². The molecule has 0 spiro atoms. The van der Waals surface area contributed by atoms with E-state index in [-0.39, 0.29) is 31.3 Å². The largest absolute Gasteiger partial charge is 0.456 e. The lowest BCUT2D eigenvalue weighted by Gasteiger charge is -2.14. The summed E-state index contributed by atoms with van der Waals surface area (Å²) in [6, 6.07) is 12.5. The highest BCUT2D eigenvalue weighted by Gasteiger charge is 2.15. The van der Waals surface area contributed by atoms with Crippen molar-refractivity contribution in [3.63, 3.8) is 0 Å². The van der Waals surface area contributed by atoms with E-state index in [9.17, 15) is 14.4 Å². The number of nitrogens with one attached hydrogen (secondary N) is 1. The fraction of sp³-hybridized carbons (Fsp3) is 0.318. The lowest BCUT2D eigenvalue weighted by Crippen LogP contribution is -2.31.